The van der Waals surface area contributed by atoms with E-state index in [4.69, 9.17) is 16.3 Å². The average molecular weight is 457 g/mol. The van der Waals surface area contributed by atoms with Crippen molar-refractivity contribution >= 4 is 34.4 Å². The van der Waals surface area contributed by atoms with Crippen LogP contribution in [0.2, 0.25) is 5.02 Å². The average Bonchev–Trinajstić information content (AvgIpc) is 3.05. The third kappa shape index (κ3) is 4.96. The van der Waals surface area contributed by atoms with Gasteiger partial charge in [-0.3, -0.25) is 9.59 Å². The highest BCUT2D eigenvalue weighted by molar-refractivity contribution is 6.30. The van der Waals surface area contributed by atoms with Crippen molar-refractivity contribution < 1.29 is 18.7 Å². The molecule has 1 amide bonds. The lowest BCUT2D eigenvalue weighted by Crippen LogP contribution is -2.39. The maximum absolute atomic E-state index is 14.0. The fourth-order valence-corrected chi connectivity index (χ4v) is 4.72. The maximum Gasteiger partial charge on any atom is 0.325 e. The van der Waals surface area contributed by atoms with E-state index in [-0.39, 0.29) is 30.3 Å². The molecule has 0 radical (unpaired) electrons. The predicted octanol–water partition coefficient (Wildman–Crippen LogP) is 4.60. The summed E-state index contributed by atoms with van der Waals surface area (Å²) in [5, 5.41) is 4.58. The Labute approximate surface area is 191 Å². The molecule has 2 aromatic carbocycles. The molecule has 0 saturated carbocycles. The van der Waals surface area contributed by atoms with Crippen LogP contribution in [0.1, 0.15) is 36.6 Å². The number of aromatic nitrogens is 1. The smallest absolute Gasteiger partial charge is 0.325 e. The van der Waals surface area contributed by atoms with Gasteiger partial charge in [0, 0.05) is 34.1 Å². The molecule has 168 valence electrons. The Balaban J connectivity index is 1.49. The van der Waals surface area contributed by atoms with Gasteiger partial charge in [-0.15, -0.1) is 0 Å². The molecule has 7 heteroatoms. The van der Waals surface area contributed by atoms with Crippen molar-refractivity contribution in [3.05, 3.63) is 70.1 Å². The molecule has 0 aliphatic heterocycles. The molecule has 0 spiro atoms. The van der Waals surface area contributed by atoms with E-state index in [1.807, 2.05) is 28.8 Å². The zero-order valence-corrected chi connectivity index (χ0v) is 18.8. The molecule has 1 N–H and O–H groups in total. The Hall–Kier alpha value is -2.86. The minimum atomic E-state index is -0.318. The summed E-state index contributed by atoms with van der Waals surface area (Å²) in [4.78, 5) is 24.7. The second kappa shape index (κ2) is 9.74. The number of nitrogens with one attached hydrogen (secondary N) is 1. The summed E-state index contributed by atoms with van der Waals surface area (Å²) >= 11 is 6.02. The number of esters is 1. The monoisotopic (exact) mass is 456 g/mol. The van der Waals surface area contributed by atoms with E-state index >= 15 is 0 Å². The highest BCUT2D eigenvalue weighted by atomic mass is 35.5. The summed E-state index contributed by atoms with van der Waals surface area (Å²) in [5.41, 5.74) is 3.85. The fourth-order valence-electron chi connectivity index (χ4n) is 4.51. The lowest BCUT2D eigenvalue weighted by Gasteiger charge is -2.25. The van der Waals surface area contributed by atoms with Gasteiger partial charge in [0.2, 0.25) is 5.91 Å². The zero-order chi connectivity index (χ0) is 22.7. The van der Waals surface area contributed by atoms with E-state index in [1.165, 1.54) is 12.1 Å². The number of carbonyl (C=O) groups excluding carboxylic acids is 2. The molecule has 0 bridgehead atoms. The first-order valence-electron chi connectivity index (χ1n) is 10.9. The van der Waals surface area contributed by atoms with Crippen LogP contribution < -0.4 is 5.32 Å². The zero-order valence-electron chi connectivity index (χ0n) is 18.0. The van der Waals surface area contributed by atoms with Gasteiger partial charge >= 0.3 is 5.97 Å². The molecule has 1 aromatic heterocycles. The molecule has 1 heterocycles. The number of amides is 1. The topological polar surface area (TPSA) is 60.3 Å². The van der Waals surface area contributed by atoms with Crippen LogP contribution >= 0.6 is 11.6 Å². The van der Waals surface area contributed by atoms with E-state index in [9.17, 15) is 14.0 Å². The molecule has 3 aromatic rings. The highest BCUT2D eigenvalue weighted by Gasteiger charge is 2.27. The molecular weight excluding hydrogens is 431 g/mol. The third-order valence-electron chi connectivity index (χ3n) is 5.92. The Morgan fingerprint density at radius 2 is 2.09 bits per heavy atom. The summed E-state index contributed by atoms with van der Waals surface area (Å²) in [6, 6.07) is 12.1. The lowest BCUT2D eigenvalue weighted by molar-refractivity contribution is -0.143. The van der Waals surface area contributed by atoms with Gasteiger partial charge in [0.1, 0.15) is 12.4 Å². The van der Waals surface area contributed by atoms with Crippen molar-refractivity contribution in [2.75, 3.05) is 6.61 Å². The Kier molecular flexibility index (Phi) is 6.80. The molecule has 1 aliphatic carbocycles. The second-order valence-electron chi connectivity index (χ2n) is 8.12. The number of rotatable bonds is 7. The molecule has 0 unspecified atom stereocenters. The maximum atomic E-state index is 14.0. The number of halogens is 2. The van der Waals surface area contributed by atoms with E-state index in [0.29, 0.717) is 37.3 Å². The number of aryl methyl sites for hydroxylation is 1. The van der Waals surface area contributed by atoms with Crippen LogP contribution in [-0.2, 0) is 40.1 Å². The minimum Gasteiger partial charge on any atom is -0.465 e. The first-order valence-corrected chi connectivity index (χ1v) is 11.3. The molecule has 5 nitrogen and oxygen atoms in total. The predicted molar refractivity (Wildman–Crippen MR) is 122 cm³/mol. The van der Waals surface area contributed by atoms with Crippen molar-refractivity contribution in [3.8, 4) is 0 Å². The van der Waals surface area contributed by atoms with Crippen molar-refractivity contribution in [1.82, 2.24) is 9.88 Å². The number of hydrogen-bond donors (Lipinski definition) is 1. The number of benzene rings is 2. The number of hydrogen-bond acceptors (Lipinski definition) is 3. The van der Waals surface area contributed by atoms with Gasteiger partial charge in [0.25, 0.3) is 0 Å². The lowest BCUT2D eigenvalue weighted by atomic mass is 9.91. The molecule has 1 atom stereocenters. The van der Waals surface area contributed by atoms with Gasteiger partial charge in [-0.05, 0) is 74.1 Å². The number of carbonyl (C=O) groups is 2. The first-order chi connectivity index (χ1) is 15.4. The molecule has 1 aliphatic rings. The summed E-state index contributed by atoms with van der Waals surface area (Å²) in [6.07, 6.45) is 3.06. The van der Waals surface area contributed by atoms with Crippen LogP contribution in [0.3, 0.4) is 0 Å². The normalized spacial score (nSPS) is 15.4. The van der Waals surface area contributed by atoms with Crippen LogP contribution in [0.4, 0.5) is 4.39 Å². The number of nitrogens with zero attached hydrogens (tertiary/aromatic N) is 1. The number of fused-ring (bicyclic) bond motifs is 3. The summed E-state index contributed by atoms with van der Waals surface area (Å²) in [6.45, 7) is 2.19. The SMILES string of the molecule is CCOC(=O)Cn1c2c(c3cc(F)ccc31)C[C@H](NC(=O)CCc1cccc(Cl)c1)CC2. The summed E-state index contributed by atoms with van der Waals surface area (Å²) < 4.78 is 21.1. The van der Waals surface area contributed by atoms with Gasteiger partial charge in [0.15, 0.2) is 0 Å². The van der Waals surface area contributed by atoms with E-state index in [1.54, 1.807) is 13.0 Å². The summed E-state index contributed by atoms with van der Waals surface area (Å²) in [5.74, 6) is -0.644. The van der Waals surface area contributed by atoms with Gasteiger partial charge in [-0.2, -0.15) is 0 Å². The van der Waals surface area contributed by atoms with Crippen molar-refractivity contribution in [2.45, 2.75) is 51.6 Å². The Bertz CT molecular complexity index is 1160. The molecule has 32 heavy (non-hydrogen) atoms. The van der Waals surface area contributed by atoms with E-state index in [2.05, 4.69) is 5.32 Å². The third-order valence-corrected chi connectivity index (χ3v) is 6.15. The van der Waals surface area contributed by atoms with Gasteiger partial charge in [0.05, 0.1) is 6.61 Å². The van der Waals surface area contributed by atoms with Crippen molar-refractivity contribution in [2.24, 2.45) is 0 Å². The minimum absolute atomic E-state index is 0.0140. The first kappa shape index (κ1) is 22.3. The van der Waals surface area contributed by atoms with Crippen molar-refractivity contribution in [3.63, 3.8) is 0 Å². The van der Waals surface area contributed by atoms with Crippen LogP contribution in [0.25, 0.3) is 10.9 Å². The van der Waals surface area contributed by atoms with Crippen LogP contribution in [-0.4, -0.2) is 29.1 Å². The largest absolute Gasteiger partial charge is 0.465 e. The van der Waals surface area contributed by atoms with E-state index in [0.717, 1.165) is 34.1 Å². The van der Waals surface area contributed by atoms with Gasteiger partial charge in [-0.1, -0.05) is 23.7 Å². The van der Waals surface area contributed by atoms with Crippen LogP contribution in [0.5, 0.6) is 0 Å². The van der Waals surface area contributed by atoms with Crippen molar-refractivity contribution in [1.29, 1.82) is 0 Å². The van der Waals surface area contributed by atoms with Gasteiger partial charge in [-0.25, -0.2) is 4.39 Å². The number of ether oxygens (including phenoxy) is 1. The molecule has 0 fully saturated rings. The van der Waals surface area contributed by atoms with E-state index < -0.39 is 0 Å². The fraction of sp³-hybridized carbons (Fsp3) is 0.360. The Morgan fingerprint density at radius 3 is 2.88 bits per heavy atom. The Morgan fingerprint density at radius 1 is 1.25 bits per heavy atom. The molecular formula is C25H26ClFN2O3. The van der Waals surface area contributed by atoms with Crippen LogP contribution in [0, 0.1) is 5.82 Å². The molecule has 4 rings (SSSR count). The highest BCUT2D eigenvalue weighted by Crippen LogP contribution is 2.33. The second-order valence-corrected chi connectivity index (χ2v) is 8.55. The molecule has 0 saturated heterocycles. The summed E-state index contributed by atoms with van der Waals surface area (Å²) in [7, 11) is 0. The van der Waals surface area contributed by atoms with Gasteiger partial charge < -0.3 is 14.6 Å². The standard InChI is InChI=1S/C25H26ClFN2O3/c1-2-32-25(31)15-29-22-9-7-18(27)13-20(22)21-14-19(8-10-23(21)29)28-24(30)11-6-16-4-3-5-17(26)12-16/h3-5,7,9,12-13,19H,2,6,8,10-11,14-15H2,1H3,(H,28,30)/t19-/m1/s1. The van der Waals surface area contributed by atoms with Crippen LogP contribution in [0.15, 0.2) is 42.5 Å². The quantitative estimate of drug-likeness (QED) is 0.528.